The molecule has 0 radical (unpaired) electrons. The fourth-order valence-electron chi connectivity index (χ4n) is 4.73. The van der Waals surface area contributed by atoms with Crippen molar-refractivity contribution in [1.29, 1.82) is 0 Å². The van der Waals surface area contributed by atoms with Crippen molar-refractivity contribution in [2.24, 2.45) is 5.41 Å². The lowest BCUT2D eigenvalue weighted by atomic mass is 9.71. The molecule has 1 aliphatic carbocycles. The van der Waals surface area contributed by atoms with E-state index in [0.717, 1.165) is 27.9 Å². The number of esters is 1. The van der Waals surface area contributed by atoms with E-state index in [-0.39, 0.29) is 6.42 Å². The second-order valence-electron chi connectivity index (χ2n) is 12.3. The van der Waals surface area contributed by atoms with Gasteiger partial charge >= 0.3 is 13.8 Å². The van der Waals surface area contributed by atoms with Gasteiger partial charge in [0.1, 0.15) is 12.2 Å². The Bertz CT molecular complexity index is 1610. The quantitative estimate of drug-likeness (QED) is 0.0769. The Morgan fingerprint density at radius 2 is 1.48 bits per heavy atom. The van der Waals surface area contributed by atoms with Crippen LogP contribution < -0.4 is 0 Å². The summed E-state index contributed by atoms with van der Waals surface area (Å²) in [5, 5.41) is 29.2. The topological polar surface area (TPSA) is 160 Å². The summed E-state index contributed by atoms with van der Waals surface area (Å²) in [6.45, 7) is 16.2. The molecule has 0 spiro atoms. The number of Topliss-reactive ketones (excluding diaryl/α,β-unsaturated/α-hetero) is 1. The summed E-state index contributed by atoms with van der Waals surface area (Å²) in [6, 6.07) is 0. The van der Waals surface area contributed by atoms with Crippen molar-refractivity contribution < 1.29 is 48.2 Å². The first kappa shape index (κ1) is 40.1. The van der Waals surface area contributed by atoms with Gasteiger partial charge < -0.3 is 24.9 Å². The molecule has 0 aromatic carbocycles. The summed E-state index contributed by atoms with van der Waals surface area (Å²) in [7, 11) is -4.88. The maximum Gasteiger partial charge on any atom is 0.472 e. The van der Waals surface area contributed by atoms with Crippen LogP contribution in [0, 0.1) is 5.41 Å². The summed E-state index contributed by atoms with van der Waals surface area (Å²) >= 11 is 0. The molecule has 0 aromatic rings. The molecule has 0 saturated heterocycles. The van der Waals surface area contributed by atoms with Crippen LogP contribution in [0.3, 0.4) is 0 Å². The number of cyclic esters (lactones) is 1. The lowest BCUT2D eigenvalue weighted by Gasteiger charge is -2.36. The molecular formula is C37H47O10P. The van der Waals surface area contributed by atoms with Gasteiger partial charge in [-0.25, -0.2) is 9.36 Å². The fourth-order valence-corrected chi connectivity index (χ4v) is 5.62. The molecule has 48 heavy (non-hydrogen) atoms. The van der Waals surface area contributed by atoms with Crippen LogP contribution in [0.15, 0.2) is 131 Å². The Balaban J connectivity index is 2.02. The number of aliphatic hydroxyl groups is 3. The maximum absolute atomic E-state index is 13.2. The molecule has 0 bridgehead atoms. The predicted molar refractivity (Wildman–Crippen MR) is 187 cm³/mol. The Kier molecular flexibility index (Phi) is 15.0. The van der Waals surface area contributed by atoms with Gasteiger partial charge in [0.05, 0.1) is 6.61 Å². The SMILES string of the molecule is C=C/C(C)=C/C=C/C(C)=C/C=C/C=C(C)/C=C/C=C(C)/C=C/C1=C(C)C(=O)C(OP(=O)(O)OC[C@H](O)[C@H]2OC(=O)C(O)=C2O)CC1(C)C. The highest BCUT2D eigenvalue weighted by Crippen LogP contribution is 2.50. The second kappa shape index (κ2) is 17.9. The minimum Gasteiger partial charge on any atom is -0.505 e. The zero-order valence-electron chi connectivity index (χ0n) is 28.5. The van der Waals surface area contributed by atoms with E-state index in [0.29, 0.717) is 5.57 Å². The summed E-state index contributed by atoms with van der Waals surface area (Å²) in [5.74, 6) is -3.75. The van der Waals surface area contributed by atoms with Crippen LogP contribution in [-0.4, -0.2) is 56.9 Å². The third-order valence-corrected chi connectivity index (χ3v) is 8.55. The van der Waals surface area contributed by atoms with Crippen molar-refractivity contribution in [1.82, 2.24) is 0 Å². The number of rotatable bonds is 15. The van der Waals surface area contributed by atoms with Gasteiger partial charge in [-0.3, -0.25) is 13.8 Å². The van der Waals surface area contributed by atoms with Crippen molar-refractivity contribution >= 4 is 19.6 Å². The van der Waals surface area contributed by atoms with Crippen molar-refractivity contribution in [3.05, 3.63) is 131 Å². The third kappa shape index (κ3) is 12.2. The average molecular weight is 683 g/mol. The van der Waals surface area contributed by atoms with Gasteiger partial charge in [0.25, 0.3) is 0 Å². The van der Waals surface area contributed by atoms with Crippen molar-refractivity contribution in [2.45, 2.75) is 73.2 Å². The molecule has 0 fully saturated rings. The zero-order chi connectivity index (χ0) is 36.2. The number of carbonyl (C=O) groups excluding carboxylic acids is 2. The van der Waals surface area contributed by atoms with Crippen LogP contribution in [0.25, 0.3) is 0 Å². The molecule has 1 heterocycles. The van der Waals surface area contributed by atoms with Crippen LogP contribution >= 0.6 is 7.82 Å². The largest absolute Gasteiger partial charge is 0.505 e. The molecule has 260 valence electrons. The minimum absolute atomic E-state index is 0.0775. The van der Waals surface area contributed by atoms with Crippen LogP contribution in [0.1, 0.15) is 54.9 Å². The Morgan fingerprint density at radius 1 is 0.958 bits per heavy atom. The number of hydrogen-bond acceptors (Lipinski definition) is 9. The molecule has 2 rings (SSSR count). The maximum atomic E-state index is 13.2. The summed E-state index contributed by atoms with van der Waals surface area (Å²) < 4.78 is 27.3. The highest BCUT2D eigenvalue weighted by atomic mass is 31.2. The van der Waals surface area contributed by atoms with E-state index in [1.807, 2.05) is 114 Å². The Labute approximate surface area is 283 Å². The van der Waals surface area contributed by atoms with E-state index in [1.165, 1.54) is 0 Å². The molecular weight excluding hydrogens is 635 g/mol. The number of allylic oxidation sites excluding steroid dienone is 18. The molecule has 10 nitrogen and oxygen atoms in total. The van der Waals surface area contributed by atoms with E-state index in [4.69, 9.17) is 9.05 Å². The van der Waals surface area contributed by atoms with Crippen molar-refractivity contribution in [2.75, 3.05) is 6.61 Å². The Morgan fingerprint density at radius 3 is 2.00 bits per heavy atom. The standard InChI is InChI=1S/C37H47O10P/c1-9-24(2)16-12-17-25(3)14-10-11-15-26(4)18-13-19-27(5)20-21-29-28(6)32(39)31(22-37(29,7)8)47-48(43,44)45-23-30(38)35-33(40)34(41)36(42)46-35/h9-21,30-31,35,38,40-41H,1,22-23H2,2-8H3,(H,43,44)/b11-10+,17-12+,18-13+,21-20+,24-16+,25-14+,26-15+,27-19+/t30-,31?,35+/m0/s1. The van der Waals surface area contributed by atoms with Gasteiger partial charge in [0.2, 0.25) is 5.76 Å². The molecule has 1 aliphatic heterocycles. The zero-order valence-corrected chi connectivity index (χ0v) is 29.4. The summed E-state index contributed by atoms with van der Waals surface area (Å²) in [5.41, 5.74) is 4.73. The van der Waals surface area contributed by atoms with Crippen LogP contribution in [0.4, 0.5) is 0 Å². The van der Waals surface area contributed by atoms with E-state index in [2.05, 4.69) is 11.3 Å². The van der Waals surface area contributed by atoms with Gasteiger partial charge in [0.15, 0.2) is 17.6 Å². The van der Waals surface area contributed by atoms with Crippen LogP contribution in [-0.2, 0) is 27.9 Å². The summed E-state index contributed by atoms with van der Waals surface area (Å²) in [6.07, 6.45) is 20.7. The minimum atomic E-state index is -4.88. The molecule has 0 amide bonds. The van der Waals surface area contributed by atoms with Gasteiger partial charge in [-0.2, -0.15) is 0 Å². The molecule has 0 saturated carbocycles. The molecule has 2 unspecified atom stereocenters. The third-order valence-electron chi connectivity index (χ3n) is 7.55. The van der Waals surface area contributed by atoms with E-state index in [9.17, 15) is 34.4 Å². The number of carbonyl (C=O) groups is 2. The van der Waals surface area contributed by atoms with Crippen molar-refractivity contribution in [3.63, 3.8) is 0 Å². The lowest BCUT2D eigenvalue weighted by Crippen LogP contribution is -2.37. The highest BCUT2D eigenvalue weighted by Gasteiger charge is 2.44. The van der Waals surface area contributed by atoms with Crippen molar-refractivity contribution in [3.8, 4) is 0 Å². The summed E-state index contributed by atoms with van der Waals surface area (Å²) in [4.78, 5) is 34.7. The average Bonchev–Trinajstić information content (AvgIpc) is 3.27. The first-order chi connectivity index (χ1) is 22.4. The van der Waals surface area contributed by atoms with Crippen LogP contribution in [0.5, 0.6) is 0 Å². The first-order valence-corrected chi connectivity index (χ1v) is 16.8. The molecule has 4 atom stereocenters. The van der Waals surface area contributed by atoms with E-state index in [1.54, 1.807) is 13.0 Å². The molecule has 0 aromatic heterocycles. The smallest absolute Gasteiger partial charge is 0.472 e. The predicted octanol–water partition coefficient (Wildman–Crippen LogP) is 7.61. The van der Waals surface area contributed by atoms with E-state index < -0.39 is 61.4 Å². The number of hydrogen-bond donors (Lipinski definition) is 4. The number of ether oxygens (including phenoxy) is 1. The second-order valence-corrected chi connectivity index (χ2v) is 13.7. The number of ketones is 1. The normalized spacial score (nSPS) is 23.7. The molecule has 11 heteroatoms. The van der Waals surface area contributed by atoms with Gasteiger partial charge in [-0.05, 0) is 57.6 Å². The highest BCUT2D eigenvalue weighted by molar-refractivity contribution is 7.47. The number of phosphoric ester groups is 1. The van der Waals surface area contributed by atoms with Gasteiger partial charge in [0, 0.05) is 0 Å². The molecule has 2 aliphatic rings. The Hall–Kier alpha value is -4.05. The van der Waals surface area contributed by atoms with Crippen LogP contribution in [0.2, 0.25) is 0 Å². The van der Waals surface area contributed by atoms with E-state index >= 15 is 0 Å². The lowest BCUT2D eigenvalue weighted by molar-refractivity contribution is -0.147. The number of phosphoric acid groups is 1. The van der Waals surface area contributed by atoms with Gasteiger partial charge in [-0.15, -0.1) is 0 Å². The monoisotopic (exact) mass is 682 g/mol. The number of aliphatic hydroxyl groups excluding tert-OH is 3. The fraction of sp³-hybridized carbons (Fsp3) is 0.351. The van der Waals surface area contributed by atoms with Gasteiger partial charge in [-0.1, -0.05) is 122 Å². The molecule has 4 N–H and O–H groups in total. The first-order valence-electron chi connectivity index (χ1n) is 15.3.